The molecule has 2 rings (SSSR count). The van der Waals surface area contributed by atoms with Gasteiger partial charge in [0.2, 0.25) is 5.91 Å². The number of primary amides is 1. The van der Waals surface area contributed by atoms with Crippen LogP contribution in [0, 0.1) is 0 Å². The minimum absolute atomic E-state index is 0.283. The second kappa shape index (κ2) is 4.44. The standard InChI is InChI=1S/C13H14N4O/c1-8(12(14)18)9-4-5-11-10(6-9)13(17(2)3)16-7-15-11/h4-7H,1H2,2-3H3,(H2,14,18). The topological polar surface area (TPSA) is 72.1 Å². The fourth-order valence-electron chi connectivity index (χ4n) is 1.73. The van der Waals surface area contributed by atoms with Crippen molar-refractivity contribution in [3.63, 3.8) is 0 Å². The molecule has 0 unspecified atom stereocenters. The lowest BCUT2D eigenvalue weighted by Crippen LogP contribution is -2.13. The Kier molecular flexibility index (Phi) is 2.97. The summed E-state index contributed by atoms with van der Waals surface area (Å²) in [4.78, 5) is 21.4. The van der Waals surface area contributed by atoms with Gasteiger partial charge >= 0.3 is 0 Å². The van der Waals surface area contributed by atoms with Gasteiger partial charge in [0.05, 0.1) is 5.52 Å². The van der Waals surface area contributed by atoms with Crippen LogP contribution in [-0.4, -0.2) is 30.0 Å². The zero-order valence-electron chi connectivity index (χ0n) is 10.3. The van der Waals surface area contributed by atoms with Crippen molar-refractivity contribution in [2.24, 2.45) is 5.73 Å². The molecule has 1 aromatic carbocycles. The zero-order valence-corrected chi connectivity index (χ0v) is 10.3. The summed E-state index contributed by atoms with van der Waals surface area (Å²) in [6, 6.07) is 5.44. The zero-order chi connectivity index (χ0) is 13.3. The summed E-state index contributed by atoms with van der Waals surface area (Å²) in [6.45, 7) is 3.68. The molecule has 5 nitrogen and oxygen atoms in total. The maximum Gasteiger partial charge on any atom is 0.248 e. The molecule has 0 aliphatic carbocycles. The van der Waals surface area contributed by atoms with Crippen molar-refractivity contribution in [3.05, 3.63) is 36.7 Å². The van der Waals surface area contributed by atoms with E-state index in [-0.39, 0.29) is 5.57 Å². The number of aromatic nitrogens is 2. The molecule has 1 aromatic heterocycles. The first-order chi connectivity index (χ1) is 8.50. The Hall–Kier alpha value is -2.43. The molecule has 0 atom stereocenters. The molecule has 0 saturated carbocycles. The molecule has 5 heteroatoms. The highest BCUT2D eigenvalue weighted by Gasteiger charge is 2.10. The van der Waals surface area contributed by atoms with E-state index in [4.69, 9.17) is 5.73 Å². The van der Waals surface area contributed by atoms with Crippen molar-refractivity contribution in [2.75, 3.05) is 19.0 Å². The predicted molar refractivity (Wildman–Crippen MR) is 72.1 cm³/mol. The smallest absolute Gasteiger partial charge is 0.248 e. The first-order valence-corrected chi connectivity index (χ1v) is 5.42. The average Bonchev–Trinajstić information content (AvgIpc) is 2.36. The maximum atomic E-state index is 11.1. The molecule has 0 spiro atoms. The summed E-state index contributed by atoms with van der Waals surface area (Å²) in [5, 5.41) is 0.863. The van der Waals surface area contributed by atoms with Crippen LogP contribution in [-0.2, 0) is 4.79 Å². The SMILES string of the molecule is C=C(C(N)=O)c1ccc2ncnc(N(C)C)c2c1. The Morgan fingerprint density at radius 2 is 2.06 bits per heavy atom. The molecule has 2 aromatic rings. The fraction of sp³-hybridized carbons (Fsp3) is 0.154. The van der Waals surface area contributed by atoms with Crippen molar-refractivity contribution >= 4 is 28.2 Å². The number of nitrogens with two attached hydrogens (primary N) is 1. The highest BCUT2D eigenvalue weighted by atomic mass is 16.1. The van der Waals surface area contributed by atoms with Crippen LogP contribution < -0.4 is 10.6 Å². The third kappa shape index (κ3) is 2.02. The van der Waals surface area contributed by atoms with E-state index in [1.807, 2.05) is 31.1 Å². The number of hydrogen-bond acceptors (Lipinski definition) is 4. The first kappa shape index (κ1) is 12.0. The number of amides is 1. The Bertz CT molecular complexity index is 634. The molecular weight excluding hydrogens is 228 g/mol. The quantitative estimate of drug-likeness (QED) is 0.821. The van der Waals surface area contributed by atoms with E-state index < -0.39 is 5.91 Å². The third-order valence-corrected chi connectivity index (χ3v) is 2.68. The second-order valence-corrected chi connectivity index (χ2v) is 4.17. The normalized spacial score (nSPS) is 10.3. The average molecular weight is 242 g/mol. The van der Waals surface area contributed by atoms with E-state index in [2.05, 4.69) is 16.5 Å². The summed E-state index contributed by atoms with van der Waals surface area (Å²) in [7, 11) is 3.80. The summed E-state index contributed by atoms with van der Waals surface area (Å²) in [5.74, 6) is 0.261. The third-order valence-electron chi connectivity index (χ3n) is 2.68. The first-order valence-electron chi connectivity index (χ1n) is 5.42. The van der Waals surface area contributed by atoms with Gasteiger partial charge in [0.15, 0.2) is 0 Å². The largest absolute Gasteiger partial charge is 0.366 e. The van der Waals surface area contributed by atoms with E-state index in [0.717, 1.165) is 16.7 Å². The Morgan fingerprint density at radius 1 is 1.33 bits per heavy atom. The molecule has 1 heterocycles. The Morgan fingerprint density at radius 3 is 2.67 bits per heavy atom. The van der Waals surface area contributed by atoms with Crippen LogP contribution in [0.1, 0.15) is 5.56 Å². The molecule has 0 saturated heterocycles. The van der Waals surface area contributed by atoms with Crippen LogP contribution in [0.25, 0.3) is 16.5 Å². The summed E-state index contributed by atoms with van der Waals surface area (Å²) in [5.41, 5.74) is 7.02. The highest BCUT2D eigenvalue weighted by molar-refractivity contribution is 6.18. The maximum absolute atomic E-state index is 11.1. The van der Waals surface area contributed by atoms with Crippen LogP contribution in [0.3, 0.4) is 0 Å². The molecule has 0 aliphatic heterocycles. The van der Waals surface area contributed by atoms with E-state index in [1.165, 1.54) is 6.33 Å². The van der Waals surface area contributed by atoms with E-state index in [0.29, 0.717) is 5.56 Å². The number of rotatable bonds is 3. The van der Waals surface area contributed by atoms with Gasteiger partial charge in [-0.15, -0.1) is 0 Å². The minimum Gasteiger partial charge on any atom is -0.366 e. The number of carbonyl (C=O) groups excluding carboxylic acids is 1. The number of fused-ring (bicyclic) bond motifs is 1. The van der Waals surface area contributed by atoms with Gasteiger partial charge in [-0.3, -0.25) is 4.79 Å². The van der Waals surface area contributed by atoms with Gasteiger partial charge in [-0.25, -0.2) is 9.97 Å². The number of nitrogens with zero attached hydrogens (tertiary/aromatic N) is 3. The van der Waals surface area contributed by atoms with Gasteiger partial charge in [-0.05, 0) is 17.7 Å². The van der Waals surface area contributed by atoms with Crippen LogP contribution >= 0.6 is 0 Å². The molecule has 0 fully saturated rings. The Balaban J connectivity index is 2.66. The van der Waals surface area contributed by atoms with Crippen molar-refractivity contribution in [3.8, 4) is 0 Å². The van der Waals surface area contributed by atoms with Gasteiger partial charge in [0, 0.05) is 25.1 Å². The fourth-order valence-corrected chi connectivity index (χ4v) is 1.73. The summed E-state index contributed by atoms with van der Waals surface area (Å²) >= 11 is 0. The molecule has 0 radical (unpaired) electrons. The summed E-state index contributed by atoms with van der Waals surface area (Å²) in [6.07, 6.45) is 1.51. The number of hydrogen-bond donors (Lipinski definition) is 1. The monoisotopic (exact) mass is 242 g/mol. The second-order valence-electron chi connectivity index (χ2n) is 4.17. The highest BCUT2D eigenvalue weighted by Crippen LogP contribution is 2.24. The van der Waals surface area contributed by atoms with Crippen molar-refractivity contribution in [1.82, 2.24) is 9.97 Å². The van der Waals surface area contributed by atoms with Gasteiger partial charge in [0.1, 0.15) is 12.1 Å². The van der Waals surface area contributed by atoms with E-state index >= 15 is 0 Å². The molecule has 0 bridgehead atoms. The minimum atomic E-state index is -0.530. The van der Waals surface area contributed by atoms with Crippen molar-refractivity contribution in [1.29, 1.82) is 0 Å². The van der Waals surface area contributed by atoms with Crippen LogP contribution in [0.2, 0.25) is 0 Å². The predicted octanol–water partition coefficient (Wildman–Crippen LogP) is 1.19. The van der Waals surface area contributed by atoms with E-state index in [9.17, 15) is 4.79 Å². The molecule has 18 heavy (non-hydrogen) atoms. The van der Waals surface area contributed by atoms with E-state index in [1.54, 1.807) is 6.07 Å². The molecule has 2 N–H and O–H groups in total. The summed E-state index contributed by atoms with van der Waals surface area (Å²) < 4.78 is 0. The lowest BCUT2D eigenvalue weighted by atomic mass is 10.0. The number of benzene rings is 1. The van der Waals surface area contributed by atoms with Gasteiger partial charge in [-0.1, -0.05) is 12.6 Å². The Labute approximate surface area is 105 Å². The van der Waals surface area contributed by atoms with Gasteiger partial charge < -0.3 is 10.6 Å². The molecule has 92 valence electrons. The molecular formula is C13H14N4O. The number of carbonyl (C=O) groups is 1. The number of anilines is 1. The van der Waals surface area contributed by atoms with Crippen LogP contribution in [0.15, 0.2) is 31.1 Å². The molecule has 1 amide bonds. The van der Waals surface area contributed by atoms with Gasteiger partial charge in [-0.2, -0.15) is 0 Å². The van der Waals surface area contributed by atoms with Crippen molar-refractivity contribution in [2.45, 2.75) is 0 Å². The van der Waals surface area contributed by atoms with Gasteiger partial charge in [0.25, 0.3) is 0 Å². The van der Waals surface area contributed by atoms with Crippen molar-refractivity contribution < 1.29 is 4.79 Å². The molecule has 0 aliphatic rings. The van der Waals surface area contributed by atoms with Crippen LogP contribution in [0.5, 0.6) is 0 Å². The lowest BCUT2D eigenvalue weighted by molar-refractivity contribution is -0.112. The lowest BCUT2D eigenvalue weighted by Gasteiger charge is -2.14. The van der Waals surface area contributed by atoms with Crippen LogP contribution in [0.4, 0.5) is 5.82 Å².